The van der Waals surface area contributed by atoms with Gasteiger partial charge in [0.05, 0.1) is 24.2 Å². The maximum absolute atomic E-state index is 12.6. The van der Waals surface area contributed by atoms with Gasteiger partial charge in [0, 0.05) is 11.1 Å². The van der Waals surface area contributed by atoms with Gasteiger partial charge < -0.3 is 5.32 Å². The van der Waals surface area contributed by atoms with Gasteiger partial charge in [-0.2, -0.15) is 5.10 Å². The predicted molar refractivity (Wildman–Crippen MR) is 123 cm³/mol. The molecule has 0 bridgehead atoms. The lowest BCUT2D eigenvalue weighted by molar-refractivity contribution is -0.113. The molecule has 0 fully saturated rings. The van der Waals surface area contributed by atoms with Crippen molar-refractivity contribution >= 4 is 35.1 Å². The number of aromatic nitrogens is 5. The van der Waals surface area contributed by atoms with E-state index in [0.717, 1.165) is 22.6 Å². The van der Waals surface area contributed by atoms with Crippen molar-refractivity contribution in [1.82, 2.24) is 24.5 Å². The summed E-state index contributed by atoms with van der Waals surface area (Å²) in [6.45, 7) is 4.41. The number of rotatable bonds is 7. The molecule has 0 aliphatic carbocycles. The van der Waals surface area contributed by atoms with E-state index in [9.17, 15) is 4.79 Å². The Labute approximate surface area is 189 Å². The zero-order valence-electron chi connectivity index (χ0n) is 17.1. The van der Waals surface area contributed by atoms with Gasteiger partial charge in [-0.1, -0.05) is 59.8 Å². The Morgan fingerprint density at radius 2 is 1.84 bits per heavy atom. The minimum Gasteiger partial charge on any atom is -0.310 e. The maximum Gasteiger partial charge on any atom is 0.235 e. The number of thioether (sulfide) groups is 1. The number of carbonyl (C=O) groups is 1. The van der Waals surface area contributed by atoms with Crippen molar-refractivity contribution in [2.45, 2.75) is 25.5 Å². The number of hydrogen-bond acceptors (Lipinski definition) is 5. The highest BCUT2D eigenvalue weighted by Gasteiger charge is 2.15. The lowest BCUT2D eigenvalue weighted by atomic mass is 10.2. The highest BCUT2D eigenvalue weighted by atomic mass is 35.5. The first-order valence-corrected chi connectivity index (χ1v) is 11.0. The summed E-state index contributed by atoms with van der Waals surface area (Å²) in [4.78, 5) is 12.6. The summed E-state index contributed by atoms with van der Waals surface area (Å²) in [5.41, 5.74) is 3.05. The van der Waals surface area contributed by atoms with E-state index in [0.29, 0.717) is 22.5 Å². The minimum absolute atomic E-state index is 0.150. The molecule has 0 atom stereocenters. The molecule has 2 heterocycles. The fourth-order valence-electron chi connectivity index (χ4n) is 3.19. The zero-order chi connectivity index (χ0) is 21.8. The number of amides is 1. The first kappa shape index (κ1) is 21.1. The summed E-state index contributed by atoms with van der Waals surface area (Å²) in [6, 6.07) is 17.4. The predicted octanol–water partition coefficient (Wildman–Crippen LogP) is 4.51. The second kappa shape index (κ2) is 9.36. The summed E-state index contributed by atoms with van der Waals surface area (Å²) < 4.78 is 3.68. The highest BCUT2D eigenvalue weighted by molar-refractivity contribution is 7.99. The van der Waals surface area contributed by atoms with E-state index in [2.05, 4.69) is 20.6 Å². The molecular weight excluding hydrogens is 432 g/mol. The van der Waals surface area contributed by atoms with Crippen molar-refractivity contribution in [2.75, 3.05) is 11.1 Å². The largest absolute Gasteiger partial charge is 0.310 e. The van der Waals surface area contributed by atoms with Crippen LogP contribution in [0.25, 0.3) is 5.69 Å². The third-order valence-electron chi connectivity index (χ3n) is 4.75. The van der Waals surface area contributed by atoms with Crippen LogP contribution >= 0.6 is 23.4 Å². The maximum atomic E-state index is 12.6. The monoisotopic (exact) mass is 452 g/mol. The van der Waals surface area contributed by atoms with Crippen LogP contribution in [-0.2, 0) is 11.3 Å². The first-order chi connectivity index (χ1) is 15.0. The van der Waals surface area contributed by atoms with Crippen molar-refractivity contribution in [3.63, 3.8) is 0 Å². The quantitative estimate of drug-likeness (QED) is 0.417. The zero-order valence-corrected chi connectivity index (χ0v) is 18.7. The number of hydrogen-bond donors (Lipinski definition) is 1. The molecule has 158 valence electrons. The molecule has 4 rings (SSSR count). The van der Waals surface area contributed by atoms with Crippen LogP contribution in [-0.4, -0.2) is 36.2 Å². The van der Waals surface area contributed by atoms with Crippen LogP contribution in [0.5, 0.6) is 0 Å². The number of para-hydroxylation sites is 1. The average molecular weight is 453 g/mol. The van der Waals surface area contributed by atoms with Crippen LogP contribution in [0.15, 0.2) is 66.0 Å². The molecule has 0 aliphatic rings. The van der Waals surface area contributed by atoms with Gasteiger partial charge in [-0.25, -0.2) is 4.68 Å². The average Bonchev–Trinajstić information content (AvgIpc) is 3.34. The summed E-state index contributed by atoms with van der Waals surface area (Å²) in [5, 5.41) is 17.0. The summed E-state index contributed by atoms with van der Waals surface area (Å²) in [6.07, 6.45) is 1.65. The molecule has 4 aromatic rings. The molecule has 0 saturated heterocycles. The van der Waals surface area contributed by atoms with E-state index in [1.807, 2.05) is 66.9 Å². The number of carbonyl (C=O) groups excluding carboxylic acids is 1. The van der Waals surface area contributed by atoms with Crippen molar-refractivity contribution in [3.05, 3.63) is 82.8 Å². The third-order valence-corrected chi connectivity index (χ3v) is 6.04. The number of nitrogens with zero attached hydrogens (tertiary/aromatic N) is 5. The molecule has 1 N–H and O–H groups in total. The number of anilines is 1. The second-order valence-corrected chi connectivity index (χ2v) is 8.30. The summed E-state index contributed by atoms with van der Waals surface area (Å²) >= 11 is 7.59. The molecule has 0 saturated carbocycles. The molecule has 1 amide bonds. The number of halogens is 1. The first-order valence-electron chi connectivity index (χ1n) is 9.69. The molecule has 9 heteroatoms. The molecule has 0 spiro atoms. The Kier molecular flexibility index (Phi) is 6.39. The van der Waals surface area contributed by atoms with Crippen LogP contribution in [0, 0.1) is 13.8 Å². The normalized spacial score (nSPS) is 10.9. The van der Waals surface area contributed by atoms with E-state index < -0.39 is 0 Å². The van der Waals surface area contributed by atoms with Crippen molar-refractivity contribution in [1.29, 1.82) is 0 Å². The van der Waals surface area contributed by atoms with E-state index in [1.54, 1.807) is 16.9 Å². The van der Waals surface area contributed by atoms with Gasteiger partial charge in [0.1, 0.15) is 11.6 Å². The Hall–Kier alpha value is -3.10. The molecule has 0 radical (unpaired) electrons. The Bertz CT molecular complexity index is 1220. The smallest absolute Gasteiger partial charge is 0.235 e. The number of aryl methyl sites for hydroxylation is 2. The molecule has 2 aromatic carbocycles. The molecule has 7 nitrogen and oxygen atoms in total. The standard InChI is InChI=1S/C22H21ClN6OS/c1-15-7-3-6-10-19(15)29-16(2)26-27-22(29)31-14-21(30)25-20-11-12-24-28(20)13-17-8-4-5-9-18(17)23/h3-12H,13-14H2,1-2H3,(H,25,30). The van der Waals surface area contributed by atoms with Crippen LogP contribution in [0.4, 0.5) is 5.82 Å². The van der Waals surface area contributed by atoms with Gasteiger partial charge in [0.15, 0.2) is 5.16 Å². The number of benzene rings is 2. The Morgan fingerprint density at radius 3 is 2.65 bits per heavy atom. The molecule has 2 aromatic heterocycles. The lowest BCUT2D eigenvalue weighted by Crippen LogP contribution is -2.18. The van der Waals surface area contributed by atoms with Crippen LogP contribution < -0.4 is 5.32 Å². The molecule has 31 heavy (non-hydrogen) atoms. The van der Waals surface area contributed by atoms with Crippen molar-refractivity contribution in [3.8, 4) is 5.69 Å². The van der Waals surface area contributed by atoms with E-state index in [4.69, 9.17) is 11.6 Å². The van der Waals surface area contributed by atoms with Gasteiger partial charge in [0.25, 0.3) is 0 Å². The Morgan fingerprint density at radius 1 is 1.06 bits per heavy atom. The topological polar surface area (TPSA) is 77.6 Å². The Balaban J connectivity index is 1.43. The highest BCUT2D eigenvalue weighted by Crippen LogP contribution is 2.24. The second-order valence-electron chi connectivity index (χ2n) is 6.95. The van der Waals surface area contributed by atoms with Crippen LogP contribution in [0.2, 0.25) is 5.02 Å². The van der Waals surface area contributed by atoms with Gasteiger partial charge in [-0.3, -0.25) is 9.36 Å². The fourth-order valence-corrected chi connectivity index (χ4v) is 4.18. The molecule has 0 unspecified atom stereocenters. The van der Waals surface area contributed by atoms with E-state index >= 15 is 0 Å². The number of nitrogens with one attached hydrogen (secondary N) is 1. The van der Waals surface area contributed by atoms with Gasteiger partial charge >= 0.3 is 0 Å². The minimum atomic E-state index is -0.150. The SMILES string of the molecule is Cc1ccccc1-n1c(C)nnc1SCC(=O)Nc1ccnn1Cc1ccccc1Cl. The van der Waals surface area contributed by atoms with Crippen LogP contribution in [0.3, 0.4) is 0 Å². The van der Waals surface area contributed by atoms with Crippen LogP contribution in [0.1, 0.15) is 17.0 Å². The summed E-state index contributed by atoms with van der Waals surface area (Å²) in [7, 11) is 0. The third kappa shape index (κ3) is 4.81. The van der Waals surface area contributed by atoms with Gasteiger partial charge in [-0.15, -0.1) is 10.2 Å². The molecular formula is C22H21ClN6OS. The fraction of sp³-hybridized carbons (Fsp3) is 0.182. The molecule has 0 aliphatic heterocycles. The van der Waals surface area contributed by atoms with Gasteiger partial charge in [-0.05, 0) is 37.1 Å². The van der Waals surface area contributed by atoms with Gasteiger partial charge in [0.2, 0.25) is 5.91 Å². The van der Waals surface area contributed by atoms with Crippen molar-refractivity contribution < 1.29 is 4.79 Å². The summed E-state index contributed by atoms with van der Waals surface area (Å²) in [5.74, 6) is 1.43. The van der Waals surface area contributed by atoms with E-state index in [-0.39, 0.29) is 11.7 Å². The van der Waals surface area contributed by atoms with E-state index in [1.165, 1.54) is 11.8 Å². The van der Waals surface area contributed by atoms with Crippen molar-refractivity contribution in [2.24, 2.45) is 0 Å². The lowest BCUT2D eigenvalue weighted by Gasteiger charge is -2.12.